The summed E-state index contributed by atoms with van der Waals surface area (Å²) < 4.78 is 38.1. The quantitative estimate of drug-likeness (QED) is 0.476. The summed E-state index contributed by atoms with van der Waals surface area (Å²) in [5.74, 6) is -1.34. The fraction of sp³-hybridized carbons (Fsp3) is 0.150. The van der Waals surface area contributed by atoms with Gasteiger partial charge in [0.05, 0.1) is 11.3 Å². The summed E-state index contributed by atoms with van der Waals surface area (Å²) in [4.78, 5) is 26.3. The second-order valence-corrected chi connectivity index (χ2v) is 6.48. The fourth-order valence-electron chi connectivity index (χ4n) is 2.71. The lowest BCUT2D eigenvalue weighted by Gasteiger charge is -2.29. The number of alkyl halides is 3. The van der Waals surface area contributed by atoms with Crippen molar-refractivity contribution >= 4 is 40.9 Å². The topological polar surface area (TPSA) is 49.4 Å². The average Bonchev–Trinajstić information content (AvgIpc) is 2.65. The number of aryl methyl sites for hydroxylation is 1. The first-order valence-electron chi connectivity index (χ1n) is 8.38. The number of thiocarbonyl (C=S) groups is 1. The molecule has 8 heteroatoms. The van der Waals surface area contributed by atoms with Gasteiger partial charge in [0.1, 0.15) is 5.57 Å². The van der Waals surface area contributed by atoms with E-state index in [1.165, 1.54) is 23.1 Å². The lowest BCUT2D eigenvalue weighted by molar-refractivity contribution is -0.137. The van der Waals surface area contributed by atoms with E-state index in [0.717, 1.165) is 24.1 Å². The Kier molecular flexibility index (Phi) is 5.33. The van der Waals surface area contributed by atoms with Gasteiger partial charge in [0.15, 0.2) is 5.11 Å². The zero-order valence-corrected chi connectivity index (χ0v) is 15.5. The number of nitrogens with one attached hydrogen (secondary N) is 1. The molecule has 1 fully saturated rings. The van der Waals surface area contributed by atoms with E-state index in [1.54, 1.807) is 12.1 Å². The average molecular weight is 404 g/mol. The SMILES string of the molecule is CCc1ccc(N2C(=O)C(=Cc3ccc(C(F)(F)F)cc3)C(=O)NC2=S)cc1. The molecule has 1 aliphatic heterocycles. The molecule has 1 saturated heterocycles. The highest BCUT2D eigenvalue weighted by molar-refractivity contribution is 7.80. The summed E-state index contributed by atoms with van der Waals surface area (Å²) in [6, 6.07) is 11.3. The Balaban J connectivity index is 1.94. The lowest BCUT2D eigenvalue weighted by atomic mass is 10.0. The van der Waals surface area contributed by atoms with Crippen molar-refractivity contribution in [1.82, 2.24) is 5.32 Å². The standard InChI is InChI=1S/C20H15F3N2O2S/c1-2-12-5-9-15(10-6-12)25-18(27)16(17(26)24-19(25)28)11-13-3-7-14(8-4-13)20(21,22)23/h3-11H,2H2,1H3,(H,24,26,28). The van der Waals surface area contributed by atoms with Crippen LogP contribution in [0.1, 0.15) is 23.6 Å². The fourth-order valence-corrected chi connectivity index (χ4v) is 2.99. The number of hydrogen-bond donors (Lipinski definition) is 1. The van der Waals surface area contributed by atoms with E-state index in [1.807, 2.05) is 19.1 Å². The maximum Gasteiger partial charge on any atom is 0.416 e. The van der Waals surface area contributed by atoms with Crippen molar-refractivity contribution in [3.63, 3.8) is 0 Å². The van der Waals surface area contributed by atoms with Gasteiger partial charge in [0.2, 0.25) is 0 Å². The van der Waals surface area contributed by atoms with Gasteiger partial charge in [-0.1, -0.05) is 31.2 Å². The minimum Gasteiger partial charge on any atom is -0.298 e. The molecular formula is C20H15F3N2O2S. The zero-order chi connectivity index (χ0) is 20.5. The molecule has 2 aromatic rings. The van der Waals surface area contributed by atoms with E-state index < -0.39 is 23.6 Å². The molecule has 4 nitrogen and oxygen atoms in total. The van der Waals surface area contributed by atoms with Crippen LogP contribution >= 0.6 is 12.2 Å². The Bertz CT molecular complexity index is 964. The molecule has 28 heavy (non-hydrogen) atoms. The van der Waals surface area contributed by atoms with E-state index >= 15 is 0 Å². The maximum atomic E-state index is 12.9. The summed E-state index contributed by atoms with van der Waals surface area (Å²) in [7, 11) is 0. The highest BCUT2D eigenvalue weighted by Crippen LogP contribution is 2.29. The Labute approximate surface area is 164 Å². The van der Waals surface area contributed by atoms with E-state index in [-0.39, 0.29) is 10.7 Å². The monoisotopic (exact) mass is 404 g/mol. The molecular weight excluding hydrogens is 389 g/mol. The zero-order valence-electron chi connectivity index (χ0n) is 14.7. The third kappa shape index (κ3) is 3.96. The number of carbonyl (C=O) groups excluding carboxylic acids is 2. The van der Waals surface area contributed by atoms with Crippen molar-refractivity contribution in [3.05, 3.63) is 70.8 Å². The summed E-state index contributed by atoms with van der Waals surface area (Å²) in [6.45, 7) is 2.00. The Hall–Kier alpha value is -3.00. The van der Waals surface area contributed by atoms with Crippen molar-refractivity contribution < 1.29 is 22.8 Å². The summed E-state index contributed by atoms with van der Waals surface area (Å²) in [5.41, 5.74) is 0.829. The molecule has 0 spiro atoms. The van der Waals surface area contributed by atoms with Crippen LogP contribution in [-0.2, 0) is 22.2 Å². The van der Waals surface area contributed by atoms with Crippen molar-refractivity contribution in [3.8, 4) is 0 Å². The lowest BCUT2D eigenvalue weighted by Crippen LogP contribution is -2.54. The van der Waals surface area contributed by atoms with Crippen LogP contribution in [0.5, 0.6) is 0 Å². The molecule has 0 atom stereocenters. The molecule has 1 heterocycles. The van der Waals surface area contributed by atoms with Crippen molar-refractivity contribution in [2.45, 2.75) is 19.5 Å². The molecule has 0 unspecified atom stereocenters. The van der Waals surface area contributed by atoms with Gasteiger partial charge in [0.25, 0.3) is 11.8 Å². The molecule has 0 aromatic heterocycles. The van der Waals surface area contributed by atoms with Crippen LogP contribution in [0, 0.1) is 0 Å². The summed E-state index contributed by atoms with van der Waals surface area (Å²) >= 11 is 5.12. The number of benzene rings is 2. The Morgan fingerprint density at radius 1 is 1.04 bits per heavy atom. The molecule has 0 bridgehead atoms. The molecule has 2 amide bonds. The first kappa shape index (κ1) is 19.8. The number of nitrogens with zero attached hydrogens (tertiary/aromatic N) is 1. The number of amides is 2. The third-order valence-electron chi connectivity index (χ3n) is 4.25. The number of hydrogen-bond acceptors (Lipinski definition) is 3. The number of anilines is 1. The first-order valence-corrected chi connectivity index (χ1v) is 8.79. The van der Waals surface area contributed by atoms with Crippen LogP contribution < -0.4 is 10.2 Å². The van der Waals surface area contributed by atoms with Gasteiger partial charge in [-0.05, 0) is 60.1 Å². The molecule has 0 aliphatic carbocycles. The van der Waals surface area contributed by atoms with Gasteiger partial charge >= 0.3 is 6.18 Å². The first-order chi connectivity index (χ1) is 13.2. The van der Waals surface area contributed by atoms with Gasteiger partial charge < -0.3 is 0 Å². The normalized spacial score (nSPS) is 16.5. The molecule has 3 rings (SSSR count). The van der Waals surface area contributed by atoms with Gasteiger partial charge in [-0.15, -0.1) is 0 Å². The molecule has 0 saturated carbocycles. The molecule has 144 valence electrons. The molecule has 1 N–H and O–H groups in total. The third-order valence-corrected chi connectivity index (χ3v) is 4.54. The smallest absolute Gasteiger partial charge is 0.298 e. The Morgan fingerprint density at radius 3 is 2.18 bits per heavy atom. The van der Waals surface area contributed by atoms with E-state index in [2.05, 4.69) is 5.32 Å². The Morgan fingerprint density at radius 2 is 1.64 bits per heavy atom. The van der Waals surface area contributed by atoms with Gasteiger partial charge in [-0.2, -0.15) is 13.2 Å². The number of rotatable bonds is 3. The minimum absolute atomic E-state index is 0.0520. The van der Waals surface area contributed by atoms with Crippen molar-refractivity contribution in [2.75, 3.05) is 4.90 Å². The number of halogens is 3. The largest absolute Gasteiger partial charge is 0.416 e. The van der Waals surface area contributed by atoms with E-state index in [0.29, 0.717) is 11.3 Å². The highest BCUT2D eigenvalue weighted by Gasteiger charge is 2.34. The summed E-state index contributed by atoms with van der Waals surface area (Å²) in [5, 5.41) is 2.39. The second kappa shape index (κ2) is 7.55. The van der Waals surface area contributed by atoms with Crippen LogP contribution in [0.4, 0.5) is 18.9 Å². The second-order valence-electron chi connectivity index (χ2n) is 6.10. The molecule has 0 radical (unpaired) electrons. The predicted molar refractivity (Wildman–Crippen MR) is 103 cm³/mol. The van der Waals surface area contributed by atoms with Crippen LogP contribution in [0.15, 0.2) is 54.1 Å². The highest BCUT2D eigenvalue weighted by atomic mass is 32.1. The van der Waals surface area contributed by atoms with Crippen molar-refractivity contribution in [2.24, 2.45) is 0 Å². The van der Waals surface area contributed by atoms with Gasteiger partial charge in [0, 0.05) is 0 Å². The van der Waals surface area contributed by atoms with Crippen LogP contribution in [0.2, 0.25) is 0 Å². The molecule has 1 aliphatic rings. The van der Waals surface area contributed by atoms with Crippen LogP contribution in [0.3, 0.4) is 0 Å². The summed E-state index contributed by atoms with van der Waals surface area (Å²) in [6.07, 6.45) is -2.39. The van der Waals surface area contributed by atoms with Crippen molar-refractivity contribution in [1.29, 1.82) is 0 Å². The van der Waals surface area contributed by atoms with Crippen LogP contribution in [-0.4, -0.2) is 16.9 Å². The van der Waals surface area contributed by atoms with Gasteiger partial charge in [-0.3, -0.25) is 19.8 Å². The molecule has 2 aromatic carbocycles. The minimum atomic E-state index is -4.46. The van der Waals surface area contributed by atoms with E-state index in [4.69, 9.17) is 12.2 Å². The maximum absolute atomic E-state index is 12.9. The van der Waals surface area contributed by atoms with Gasteiger partial charge in [-0.25, -0.2) is 0 Å². The predicted octanol–water partition coefficient (Wildman–Crippen LogP) is 4.10. The number of carbonyl (C=O) groups is 2. The van der Waals surface area contributed by atoms with E-state index in [9.17, 15) is 22.8 Å². The van der Waals surface area contributed by atoms with Crippen LogP contribution in [0.25, 0.3) is 6.08 Å².